The van der Waals surface area contributed by atoms with E-state index in [2.05, 4.69) is 24.8 Å². The number of piperazine rings is 1. The maximum Gasteiger partial charge on any atom is 0.208 e. The van der Waals surface area contributed by atoms with Gasteiger partial charge in [0.1, 0.15) is 5.82 Å². The van der Waals surface area contributed by atoms with Gasteiger partial charge in [-0.3, -0.25) is 4.99 Å². The van der Waals surface area contributed by atoms with Gasteiger partial charge in [-0.05, 0) is 30.7 Å². The topological polar surface area (TPSA) is 77.0 Å². The van der Waals surface area contributed by atoms with Crippen LogP contribution in [0.15, 0.2) is 29.3 Å². The van der Waals surface area contributed by atoms with E-state index < -0.39 is 10.0 Å². The van der Waals surface area contributed by atoms with Gasteiger partial charge in [0.25, 0.3) is 0 Å². The van der Waals surface area contributed by atoms with Gasteiger partial charge in [-0.25, -0.2) is 17.5 Å². The van der Waals surface area contributed by atoms with Crippen molar-refractivity contribution in [1.29, 1.82) is 0 Å². The second-order valence-electron chi connectivity index (χ2n) is 5.94. The van der Waals surface area contributed by atoms with E-state index in [1.54, 1.807) is 19.2 Å². The van der Waals surface area contributed by atoms with E-state index in [9.17, 15) is 12.8 Å². The van der Waals surface area contributed by atoms with Gasteiger partial charge < -0.3 is 15.1 Å². The minimum absolute atomic E-state index is 0.225. The molecule has 0 aliphatic carbocycles. The largest absolute Gasteiger partial charge is 0.368 e. The third-order valence-electron chi connectivity index (χ3n) is 3.98. The number of hydrogen-bond donors (Lipinski definition) is 2. The summed E-state index contributed by atoms with van der Waals surface area (Å²) in [6.07, 6.45) is 1.83. The smallest absolute Gasteiger partial charge is 0.208 e. The minimum Gasteiger partial charge on any atom is -0.368 e. The first-order valence-electron chi connectivity index (χ1n) is 8.30. The van der Waals surface area contributed by atoms with Crippen LogP contribution in [-0.2, 0) is 10.0 Å². The van der Waals surface area contributed by atoms with Crippen molar-refractivity contribution in [2.75, 3.05) is 57.5 Å². The van der Waals surface area contributed by atoms with Crippen molar-refractivity contribution >= 4 is 21.7 Å². The molecule has 0 radical (unpaired) electrons. The van der Waals surface area contributed by atoms with Gasteiger partial charge in [0, 0.05) is 52.0 Å². The Morgan fingerprint density at radius 1 is 1.16 bits per heavy atom. The second-order valence-corrected chi connectivity index (χ2v) is 7.78. The van der Waals surface area contributed by atoms with Crippen LogP contribution in [0.5, 0.6) is 0 Å². The molecule has 7 nitrogen and oxygen atoms in total. The lowest BCUT2D eigenvalue weighted by Crippen LogP contribution is -2.52. The highest BCUT2D eigenvalue weighted by atomic mass is 32.2. The number of sulfonamides is 1. The Bertz CT molecular complexity index is 670. The summed E-state index contributed by atoms with van der Waals surface area (Å²) in [7, 11) is -1.39. The molecule has 1 aliphatic rings. The third kappa shape index (κ3) is 6.50. The van der Waals surface area contributed by atoms with Gasteiger partial charge >= 0.3 is 0 Å². The molecule has 1 aromatic carbocycles. The Morgan fingerprint density at radius 2 is 1.80 bits per heavy atom. The number of halogens is 1. The van der Waals surface area contributed by atoms with Gasteiger partial charge in [0.05, 0.1) is 6.26 Å². The summed E-state index contributed by atoms with van der Waals surface area (Å²) < 4.78 is 37.5. The summed E-state index contributed by atoms with van der Waals surface area (Å²) >= 11 is 0. The van der Waals surface area contributed by atoms with Crippen LogP contribution in [0.2, 0.25) is 0 Å². The molecular weight excluding hydrogens is 345 g/mol. The first-order valence-corrected chi connectivity index (χ1v) is 10.2. The third-order valence-corrected chi connectivity index (χ3v) is 4.71. The molecule has 1 aromatic rings. The summed E-state index contributed by atoms with van der Waals surface area (Å²) in [6, 6.07) is 6.55. The van der Waals surface area contributed by atoms with Crippen molar-refractivity contribution in [3.8, 4) is 0 Å². The molecule has 1 saturated heterocycles. The summed E-state index contributed by atoms with van der Waals surface area (Å²) in [6.45, 7) is 4.36. The number of rotatable bonds is 6. The number of hydrogen-bond acceptors (Lipinski definition) is 4. The molecule has 0 bridgehead atoms. The van der Waals surface area contributed by atoms with Crippen molar-refractivity contribution < 1.29 is 12.8 Å². The van der Waals surface area contributed by atoms with Gasteiger partial charge in [0.15, 0.2) is 5.96 Å². The predicted octanol–water partition coefficient (Wildman–Crippen LogP) is 0.462. The number of nitrogens with zero attached hydrogens (tertiary/aromatic N) is 3. The van der Waals surface area contributed by atoms with Crippen LogP contribution in [0.1, 0.15) is 6.42 Å². The van der Waals surface area contributed by atoms with E-state index >= 15 is 0 Å². The first-order chi connectivity index (χ1) is 11.9. The molecule has 0 unspecified atom stereocenters. The molecule has 1 aliphatic heterocycles. The summed E-state index contributed by atoms with van der Waals surface area (Å²) in [5, 5.41) is 3.26. The highest BCUT2D eigenvalue weighted by molar-refractivity contribution is 7.88. The quantitative estimate of drug-likeness (QED) is 0.432. The number of aliphatic imine (C=N–C) groups is 1. The van der Waals surface area contributed by atoms with Gasteiger partial charge in [-0.1, -0.05) is 0 Å². The van der Waals surface area contributed by atoms with Gasteiger partial charge in [0.2, 0.25) is 10.0 Å². The fraction of sp³-hybridized carbons (Fsp3) is 0.562. The van der Waals surface area contributed by atoms with Crippen LogP contribution < -0.4 is 14.9 Å². The Hall–Kier alpha value is -1.87. The average molecular weight is 371 g/mol. The van der Waals surface area contributed by atoms with Gasteiger partial charge in [-0.15, -0.1) is 0 Å². The average Bonchev–Trinajstić information content (AvgIpc) is 2.58. The monoisotopic (exact) mass is 371 g/mol. The van der Waals surface area contributed by atoms with Gasteiger partial charge in [-0.2, -0.15) is 0 Å². The van der Waals surface area contributed by atoms with E-state index in [1.807, 2.05) is 0 Å². The fourth-order valence-corrected chi connectivity index (χ4v) is 3.22. The molecule has 140 valence electrons. The molecule has 0 aromatic heterocycles. The van der Waals surface area contributed by atoms with E-state index in [-0.39, 0.29) is 5.82 Å². The van der Waals surface area contributed by atoms with Crippen molar-refractivity contribution in [3.63, 3.8) is 0 Å². The second kappa shape index (κ2) is 9.00. The van der Waals surface area contributed by atoms with Crippen molar-refractivity contribution in [2.45, 2.75) is 6.42 Å². The molecule has 1 heterocycles. The Balaban J connectivity index is 1.75. The zero-order chi connectivity index (χ0) is 18.3. The van der Waals surface area contributed by atoms with Crippen molar-refractivity contribution in [2.24, 2.45) is 4.99 Å². The first kappa shape index (κ1) is 19.5. The molecule has 9 heteroatoms. The highest BCUT2D eigenvalue weighted by Gasteiger charge is 2.19. The normalized spacial score (nSPS) is 16.2. The van der Waals surface area contributed by atoms with Crippen LogP contribution in [-0.4, -0.2) is 71.8 Å². The van der Waals surface area contributed by atoms with Crippen LogP contribution >= 0.6 is 0 Å². The number of nitrogens with one attached hydrogen (secondary N) is 2. The Morgan fingerprint density at radius 3 is 2.36 bits per heavy atom. The maximum absolute atomic E-state index is 13.0. The molecule has 2 N–H and O–H groups in total. The lowest BCUT2D eigenvalue weighted by atomic mass is 10.2. The summed E-state index contributed by atoms with van der Waals surface area (Å²) in [5.41, 5.74) is 1.02. The lowest BCUT2D eigenvalue weighted by Gasteiger charge is -2.37. The number of benzene rings is 1. The Kier molecular flexibility index (Phi) is 7.01. The van der Waals surface area contributed by atoms with E-state index in [4.69, 9.17) is 0 Å². The zero-order valence-electron chi connectivity index (χ0n) is 14.7. The van der Waals surface area contributed by atoms with Crippen LogP contribution in [0.4, 0.5) is 10.1 Å². The number of anilines is 1. The van der Waals surface area contributed by atoms with Crippen molar-refractivity contribution in [3.05, 3.63) is 30.1 Å². The van der Waals surface area contributed by atoms with Crippen LogP contribution in [0, 0.1) is 5.82 Å². The summed E-state index contributed by atoms with van der Waals surface area (Å²) in [5.74, 6) is 0.593. The summed E-state index contributed by atoms with van der Waals surface area (Å²) in [4.78, 5) is 8.68. The molecule has 0 amide bonds. The minimum atomic E-state index is -3.13. The maximum atomic E-state index is 13.0. The molecule has 0 saturated carbocycles. The fourth-order valence-electron chi connectivity index (χ4n) is 2.71. The molecule has 0 atom stereocenters. The molecular formula is C16H26FN5O2S. The molecule has 0 spiro atoms. The lowest BCUT2D eigenvalue weighted by molar-refractivity contribution is 0.372. The van der Waals surface area contributed by atoms with E-state index in [0.29, 0.717) is 19.5 Å². The van der Waals surface area contributed by atoms with Crippen LogP contribution in [0.25, 0.3) is 0 Å². The van der Waals surface area contributed by atoms with Crippen molar-refractivity contribution in [1.82, 2.24) is 14.9 Å². The highest BCUT2D eigenvalue weighted by Crippen LogP contribution is 2.16. The van der Waals surface area contributed by atoms with E-state index in [0.717, 1.165) is 44.1 Å². The van der Waals surface area contributed by atoms with E-state index in [1.165, 1.54) is 12.1 Å². The standard InChI is InChI=1S/C16H26FN5O2S/c1-18-16(19-8-3-9-20-25(2,23)24)22-12-10-21(11-13-22)15-6-4-14(17)5-7-15/h4-7,20H,3,8-13H2,1-2H3,(H,18,19). The molecule has 2 rings (SSSR count). The Labute approximate surface area is 149 Å². The zero-order valence-corrected chi connectivity index (χ0v) is 15.5. The molecule has 25 heavy (non-hydrogen) atoms. The predicted molar refractivity (Wildman–Crippen MR) is 99.0 cm³/mol. The molecule has 1 fully saturated rings. The van der Waals surface area contributed by atoms with Crippen LogP contribution in [0.3, 0.4) is 0 Å². The SMILES string of the molecule is CN=C(NCCCNS(C)(=O)=O)N1CCN(c2ccc(F)cc2)CC1. The number of guanidine groups is 1.